The normalized spacial score (nSPS) is 11.1. The molecule has 8 heteroatoms. The van der Waals surface area contributed by atoms with Crippen LogP contribution in [0.25, 0.3) is 33.9 Å². The lowest BCUT2D eigenvalue weighted by Gasteiger charge is -2.10. The van der Waals surface area contributed by atoms with Crippen LogP contribution in [0.2, 0.25) is 0 Å². The molecule has 57 heavy (non-hydrogen) atoms. The third-order valence-corrected chi connectivity index (χ3v) is 10.5. The van der Waals surface area contributed by atoms with Gasteiger partial charge in [0.25, 0.3) is 11.8 Å². The largest absolute Gasteiger partial charge is 0.484 e. The summed E-state index contributed by atoms with van der Waals surface area (Å²) in [6.45, 7) is 5.85. The first-order valence-electron chi connectivity index (χ1n) is 22.2. The fraction of sp³-hybridized carbons (Fsp3) is 0.531. The van der Waals surface area contributed by atoms with Gasteiger partial charge in [-0.15, -0.1) is 0 Å². The van der Waals surface area contributed by atoms with E-state index in [1.165, 1.54) is 103 Å². The number of aromatic nitrogens is 2. The number of amides is 2. The molecule has 8 nitrogen and oxygen atoms in total. The van der Waals surface area contributed by atoms with E-state index in [1.807, 2.05) is 78.9 Å². The summed E-state index contributed by atoms with van der Waals surface area (Å²) < 4.78 is 11.7. The number of nitrogens with one attached hydrogen (secondary N) is 3. The topological polar surface area (TPSA) is 105 Å². The zero-order valence-corrected chi connectivity index (χ0v) is 35.1. The van der Waals surface area contributed by atoms with Crippen molar-refractivity contribution >= 4 is 11.8 Å². The lowest BCUT2D eigenvalue weighted by atomic mass is 10.0. The molecule has 0 saturated heterocycles. The minimum absolute atomic E-state index is 0.0139. The van der Waals surface area contributed by atoms with Crippen molar-refractivity contribution in [2.75, 3.05) is 26.3 Å². The predicted octanol–water partition coefficient (Wildman–Crippen LogP) is 12.2. The third kappa shape index (κ3) is 18.0. The third-order valence-electron chi connectivity index (χ3n) is 10.5. The van der Waals surface area contributed by atoms with Crippen LogP contribution in [0, 0.1) is 0 Å². The van der Waals surface area contributed by atoms with Crippen LogP contribution < -0.4 is 20.1 Å². The van der Waals surface area contributed by atoms with Gasteiger partial charge in [-0.3, -0.25) is 9.59 Å². The second-order valence-corrected chi connectivity index (χ2v) is 15.4. The number of benzene rings is 3. The number of rotatable bonds is 31. The Morgan fingerprint density at radius 1 is 0.491 bits per heavy atom. The Kier molecular flexibility index (Phi) is 22.1. The Balaban J connectivity index is 1.21. The molecule has 1 aromatic heterocycles. The number of hydrogen-bond acceptors (Lipinski definition) is 5. The zero-order valence-electron chi connectivity index (χ0n) is 35.1. The van der Waals surface area contributed by atoms with Gasteiger partial charge in [0.15, 0.2) is 13.2 Å². The number of imidazole rings is 1. The smallest absolute Gasteiger partial charge is 0.257 e. The van der Waals surface area contributed by atoms with Crippen molar-refractivity contribution in [3.05, 3.63) is 78.9 Å². The molecule has 0 atom stereocenters. The van der Waals surface area contributed by atoms with E-state index >= 15 is 0 Å². The summed E-state index contributed by atoms with van der Waals surface area (Å²) in [5.74, 6) is 1.82. The molecule has 0 fully saturated rings. The monoisotopic (exact) mass is 779 g/mol. The van der Waals surface area contributed by atoms with Gasteiger partial charge >= 0.3 is 0 Å². The average Bonchev–Trinajstić information content (AvgIpc) is 3.69. The van der Waals surface area contributed by atoms with Gasteiger partial charge in [-0.25, -0.2) is 4.98 Å². The number of unbranched alkanes of at least 4 members (excludes halogenated alkanes) is 18. The first-order chi connectivity index (χ1) is 28.1. The summed E-state index contributed by atoms with van der Waals surface area (Å²) >= 11 is 0. The van der Waals surface area contributed by atoms with Gasteiger partial charge in [0.1, 0.15) is 17.3 Å². The molecule has 3 N–H and O–H groups in total. The second kappa shape index (κ2) is 27.9. The quantitative estimate of drug-likeness (QED) is 0.0441. The zero-order chi connectivity index (χ0) is 40.2. The van der Waals surface area contributed by atoms with E-state index in [9.17, 15) is 9.59 Å². The maximum Gasteiger partial charge on any atom is 0.257 e. The fourth-order valence-electron chi connectivity index (χ4n) is 7.03. The van der Waals surface area contributed by atoms with E-state index in [1.54, 1.807) is 0 Å². The van der Waals surface area contributed by atoms with Gasteiger partial charge in [-0.2, -0.15) is 0 Å². The van der Waals surface area contributed by atoms with E-state index < -0.39 is 0 Å². The van der Waals surface area contributed by atoms with Crippen molar-refractivity contribution in [1.29, 1.82) is 0 Å². The second-order valence-electron chi connectivity index (χ2n) is 15.4. The van der Waals surface area contributed by atoms with Crippen molar-refractivity contribution in [3.8, 4) is 45.4 Å². The van der Waals surface area contributed by atoms with Gasteiger partial charge in [0.05, 0.1) is 11.4 Å². The van der Waals surface area contributed by atoms with Crippen LogP contribution in [-0.4, -0.2) is 48.1 Å². The number of H-pyrrole nitrogens is 1. The number of carbonyl (C=O) groups excluding carboxylic acids is 2. The van der Waals surface area contributed by atoms with Gasteiger partial charge in [-0.05, 0) is 61.4 Å². The lowest BCUT2D eigenvalue weighted by molar-refractivity contribution is -0.123. The van der Waals surface area contributed by atoms with Crippen LogP contribution >= 0.6 is 0 Å². The maximum atomic E-state index is 12.4. The molecule has 0 aliphatic carbocycles. The van der Waals surface area contributed by atoms with E-state index in [4.69, 9.17) is 14.5 Å². The number of ether oxygens (including phenoxy) is 2. The van der Waals surface area contributed by atoms with Crippen LogP contribution in [0.4, 0.5) is 0 Å². The fourth-order valence-corrected chi connectivity index (χ4v) is 7.03. The van der Waals surface area contributed by atoms with Crippen LogP contribution in [0.3, 0.4) is 0 Å². The maximum absolute atomic E-state index is 12.4. The molecule has 4 aromatic rings. The van der Waals surface area contributed by atoms with Crippen molar-refractivity contribution < 1.29 is 19.1 Å². The Labute approximate surface area is 343 Å². The van der Waals surface area contributed by atoms with E-state index in [0.29, 0.717) is 24.6 Å². The first-order valence-corrected chi connectivity index (χ1v) is 22.2. The molecule has 0 aliphatic heterocycles. The molecule has 0 aliphatic rings. The van der Waals surface area contributed by atoms with Crippen molar-refractivity contribution in [1.82, 2.24) is 20.6 Å². The van der Waals surface area contributed by atoms with Crippen molar-refractivity contribution in [3.63, 3.8) is 0 Å². The summed E-state index contributed by atoms with van der Waals surface area (Å²) in [5, 5.41) is 5.99. The van der Waals surface area contributed by atoms with Crippen LogP contribution in [0.1, 0.15) is 142 Å². The van der Waals surface area contributed by atoms with Crippen LogP contribution in [-0.2, 0) is 9.59 Å². The number of nitrogens with zero attached hydrogens (tertiary/aromatic N) is 1. The summed E-state index contributed by atoms with van der Waals surface area (Å²) in [6, 6.07) is 25.5. The minimum Gasteiger partial charge on any atom is -0.484 e. The van der Waals surface area contributed by atoms with Gasteiger partial charge in [0.2, 0.25) is 0 Å². The molecular weight excluding hydrogens is 709 g/mol. The Morgan fingerprint density at radius 3 is 1.33 bits per heavy atom. The molecule has 3 aromatic carbocycles. The number of hydrogen-bond donors (Lipinski definition) is 3. The SMILES string of the molecule is CCCCCCCCCCCCNC(=O)COc1ccc(-c2nc(-c3ccccc3)[nH]c2-c2ccc(OCC(=O)NCCCCCCCCCCCC)cc2)cc1. The molecule has 0 spiro atoms. The standard InChI is InChI=1S/C49H70N4O4/c1-3-5-7-9-11-13-15-17-19-24-36-50-45(54)38-56-43-32-28-40(29-33-43)47-48(53-49(52-47)42-26-22-21-23-27-42)41-30-34-44(35-31-41)57-39-46(55)51-37-25-20-18-16-14-12-10-8-6-4-2/h21-23,26-35H,3-20,24-25,36-39H2,1-2H3,(H,50,54)(H,51,55)(H,52,53). The van der Waals surface area contributed by atoms with Crippen LogP contribution in [0.5, 0.6) is 11.5 Å². The summed E-state index contributed by atoms with van der Waals surface area (Å²) in [5.41, 5.74) is 4.51. The Morgan fingerprint density at radius 2 is 0.895 bits per heavy atom. The highest BCUT2D eigenvalue weighted by Crippen LogP contribution is 2.34. The molecule has 0 saturated carbocycles. The van der Waals surface area contributed by atoms with Crippen molar-refractivity contribution in [2.24, 2.45) is 0 Å². The molecule has 0 bridgehead atoms. The molecule has 2 amide bonds. The predicted molar refractivity (Wildman–Crippen MR) is 236 cm³/mol. The minimum atomic E-state index is -0.102. The molecule has 0 radical (unpaired) electrons. The summed E-state index contributed by atoms with van der Waals surface area (Å²) in [4.78, 5) is 33.4. The van der Waals surface area contributed by atoms with E-state index in [2.05, 4.69) is 29.5 Å². The Hall–Kier alpha value is -4.59. The van der Waals surface area contributed by atoms with Crippen molar-refractivity contribution in [2.45, 2.75) is 142 Å². The van der Waals surface area contributed by atoms with Gasteiger partial charge in [0, 0.05) is 29.8 Å². The summed E-state index contributed by atoms with van der Waals surface area (Å²) in [7, 11) is 0. The molecule has 1 heterocycles. The average molecular weight is 779 g/mol. The highest BCUT2D eigenvalue weighted by molar-refractivity contribution is 5.82. The van der Waals surface area contributed by atoms with E-state index in [-0.39, 0.29) is 25.0 Å². The highest BCUT2D eigenvalue weighted by Gasteiger charge is 2.16. The van der Waals surface area contributed by atoms with Crippen LogP contribution in [0.15, 0.2) is 78.9 Å². The summed E-state index contributed by atoms with van der Waals surface area (Å²) in [6.07, 6.45) is 25.4. The molecule has 4 rings (SSSR count). The highest BCUT2D eigenvalue weighted by atomic mass is 16.5. The van der Waals surface area contributed by atoms with Gasteiger partial charge in [-0.1, -0.05) is 160 Å². The van der Waals surface area contributed by atoms with E-state index in [0.717, 1.165) is 59.6 Å². The molecular formula is C49H70N4O4. The lowest BCUT2D eigenvalue weighted by Crippen LogP contribution is -2.29. The van der Waals surface area contributed by atoms with Gasteiger partial charge < -0.3 is 25.1 Å². The first kappa shape index (κ1) is 45.1. The molecule has 310 valence electrons. The number of aromatic amines is 1. The number of carbonyl (C=O) groups is 2. The Bertz CT molecular complexity index is 1550. The molecule has 0 unspecified atom stereocenters.